The summed E-state index contributed by atoms with van der Waals surface area (Å²) in [6.07, 6.45) is 0.421. The van der Waals surface area contributed by atoms with Crippen LogP contribution in [0.4, 0.5) is 11.4 Å². The zero-order valence-electron chi connectivity index (χ0n) is 29.8. The first-order valence-corrected chi connectivity index (χ1v) is 17.0. The van der Waals surface area contributed by atoms with Crippen molar-refractivity contribution in [3.05, 3.63) is 156 Å². The summed E-state index contributed by atoms with van der Waals surface area (Å²) in [7, 11) is 6.48. The molecule has 0 radical (unpaired) electrons. The van der Waals surface area contributed by atoms with Crippen molar-refractivity contribution in [2.75, 3.05) is 38.1 Å². The molecule has 0 fully saturated rings. The summed E-state index contributed by atoms with van der Waals surface area (Å²) in [4.78, 5) is 59.2. The van der Waals surface area contributed by atoms with Crippen molar-refractivity contribution in [1.29, 1.82) is 0 Å². The summed E-state index contributed by atoms with van der Waals surface area (Å²) in [5, 5.41) is 2.92. The molecule has 266 valence electrons. The van der Waals surface area contributed by atoms with E-state index in [1.54, 1.807) is 101 Å². The van der Waals surface area contributed by atoms with Gasteiger partial charge in [-0.1, -0.05) is 78.9 Å². The van der Waals surface area contributed by atoms with E-state index >= 15 is 0 Å². The van der Waals surface area contributed by atoms with Gasteiger partial charge in [0.25, 0.3) is 5.91 Å². The molecule has 9 heteroatoms. The Morgan fingerprint density at radius 2 is 1.00 bits per heavy atom. The second kappa shape index (κ2) is 17.6. The number of nitrogens with one attached hydrogen (secondary N) is 1. The van der Waals surface area contributed by atoms with Gasteiger partial charge < -0.3 is 24.6 Å². The molecule has 0 aliphatic heterocycles. The lowest BCUT2D eigenvalue weighted by Crippen LogP contribution is -2.49. The minimum absolute atomic E-state index is 0.125. The number of likely N-dealkylation sites (N-methyl/N-ethyl adjacent to an activating group) is 1. The van der Waals surface area contributed by atoms with Gasteiger partial charge in [-0.2, -0.15) is 0 Å². The summed E-state index contributed by atoms with van der Waals surface area (Å²) < 4.78 is 10.5. The Morgan fingerprint density at radius 1 is 0.558 bits per heavy atom. The number of hydrogen-bond acceptors (Lipinski definition) is 6. The Labute approximate surface area is 304 Å². The number of benzene rings is 5. The van der Waals surface area contributed by atoms with Gasteiger partial charge in [-0.3, -0.25) is 19.2 Å². The van der Waals surface area contributed by atoms with Gasteiger partial charge in [-0.15, -0.1) is 0 Å². The zero-order chi connectivity index (χ0) is 37.0. The number of amides is 3. The fourth-order valence-electron chi connectivity index (χ4n) is 6.06. The third-order valence-corrected chi connectivity index (χ3v) is 9.04. The van der Waals surface area contributed by atoms with E-state index in [0.29, 0.717) is 29.3 Å². The van der Waals surface area contributed by atoms with Gasteiger partial charge in [0.2, 0.25) is 11.8 Å². The van der Waals surface area contributed by atoms with Crippen molar-refractivity contribution in [3.63, 3.8) is 0 Å². The quantitative estimate of drug-likeness (QED) is 0.121. The molecule has 0 saturated heterocycles. The summed E-state index contributed by atoms with van der Waals surface area (Å²) in [6, 6.07) is 38.7. The van der Waals surface area contributed by atoms with Crippen molar-refractivity contribution in [2.24, 2.45) is 5.92 Å². The molecule has 0 bridgehead atoms. The lowest BCUT2D eigenvalue weighted by molar-refractivity contribution is -0.122. The van der Waals surface area contributed by atoms with E-state index in [-0.39, 0.29) is 41.6 Å². The van der Waals surface area contributed by atoms with Crippen LogP contribution in [0, 0.1) is 5.92 Å². The number of Topliss-reactive ketones (excluding diaryl/α,β-unsaturated/α-hetero) is 1. The average molecular weight is 698 g/mol. The first kappa shape index (κ1) is 37.0. The highest BCUT2D eigenvalue weighted by Crippen LogP contribution is 2.25. The summed E-state index contributed by atoms with van der Waals surface area (Å²) in [5.41, 5.74) is 3.35. The van der Waals surface area contributed by atoms with Crippen LogP contribution in [0.15, 0.2) is 133 Å². The molecule has 0 aliphatic rings. The number of anilines is 2. The standard InChI is InChI=1S/C43H43N3O6/c1-45(33-19-23-35(51-3)24-20-33)42(49)32(27-30-13-7-5-8-14-30)29-40(47)37-17-11-12-18-38(37)41(48)44-39(28-31-15-9-6-10-16-31)43(50)46(2)34-21-25-36(52-4)26-22-34/h5-26,32,39H,27-29H2,1-4H3,(H,44,48)/t32-,39+/m1/s1. The lowest BCUT2D eigenvalue weighted by atomic mass is 9.89. The second-order valence-electron chi connectivity index (χ2n) is 12.5. The zero-order valence-corrected chi connectivity index (χ0v) is 29.8. The molecule has 5 aromatic rings. The number of carbonyl (C=O) groups excluding carboxylic acids is 4. The van der Waals surface area contributed by atoms with Gasteiger partial charge in [-0.05, 0) is 72.1 Å². The fraction of sp³-hybridized carbons (Fsp3) is 0.209. The van der Waals surface area contributed by atoms with Crippen LogP contribution in [0.2, 0.25) is 0 Å². The first-order valence-electron chi connectivity index (χ1n) is 17.0. The molecule has 5 aromatic carbocycles. The van der Waals surface area contributed by atoms with Gasteiger partial charge in [-0.25, -0.2) is 0 Å². The third-order valence-electron chi connectivity index (χ3n) is 9.04. The first-order chi connectivity index (χ1) is 25.2. The third kappa shape index (κ3) is 9.31. The maximum atomic E-state index is 14.1. The second-order valence-corrected chi connectivity index (χ2v) is 12.5. The van der Waals surface area contributed by atoms with Crippen LogP contribution in [0.25, 0.3) is 0 Å². The summed E-state index contributed by atoms with van der Waals surface area (Å²) >= 11 is 0. The molecule has 0 heterocycles. The number of hydrogen-bond donors (Lipinski definition) is 1. The van der Waals surface area contributed by atoms with E-state index in [2.05, 4.69) is 5.32 Å². The highest BCUT2D eigenvalue weighted by molar-refractivity contribution is 6.11. The van der Waals surface area contributed by atoms with Crippen molar-refractivity contribution in [1.82, 2.24) is 5.32 Å². The highest BCUT2D eigenvalue weighted by Gasteiger charge is 2.30. The smallest absolute Gasteiger partial charge is 0.252 e. The number of nitrogens with zero attached hydrogens (tertiary/aromatic N) is 2. The number of methoxy groups -OCH3 is 2. The molecule has 1 N–H and O–H groups in total. The summed E-state index contributed by atoms with van der Waals surface area (Å²) in [6.45, 7) is 0. The number of carbonyl (C=O) groups is 4. The molecule has 0 unspecified atom stereocenters. The molecule has 5 rings (SSSR count). The van der Waals surface area contributed by atoms with Gasteiger partial charge >= 0.3 is 0 Å². The van der Waals surface area contributed by atoms with Crippen LogP contribution in [0.5, 0.6) is 11.5 Å². The Bertz CT molecular complexity index is 1820. The molecule has 2 atom stereocenters. The molecule has 0 spiro atoms. The van der Waals surface area contributed by atoms with E-state index in [1.165, 1.54) is 9.80 Å². The molecule has 3 amide bonds. The minimum Gasteiger partial charge on any atom is -0.497 e. The van der Waals surface area contributed by atoms with E-state index in [0.717, 1.165) is 11.1 Å². The largest absolute Gasteiger partial charge is 0.497 e. The van der Waals surface area contributed by atoms with E-state index in [1.807, 2.05) is 60.7 Å². The summed E-state index contributed by atoms with van der Waals surface area (Å²) in [5.74, 6) is -0.896. The Kier molecular flexibility index (Phi) is 12.6. The number of ketones is 1. The molecule has 9 nitrogen and oxygen atoms in total. The van der Waals surface area contributed by atoms with E-state index in [4.69, 9.17) is 9.47 Å². The highest BCUT2D eigenvalue weighted by atomic mass is 16.5. The molecule has 0 aromatic heterocycles. The van der Waals surface area contributed by atoms with Crippen LogP contribution in [-0.2, 0) is 22.4 Å². The van der Waals surface area contributed by atoms with Gasteiger partial charge in [0, 0.05) is 49.8 Å². The van der Waals surface area contributed by atoms with Crippen molar-refractivity contribution in [3.8, 4) is 11.5 Å². The normalized spacial score (nSPS) is 11.8. The minimum atomic E-state index is -0.948. The maximum absolute atomic E-state index is 14.1. The molecule has 52 heavy (non-hydrogen) atoms. The number of rotatable bonds is 15. The molecule has 0 aliphatic carbocycles. The SMILES string of the molecule is COc1ccc(N(C)C(=O)[C@@H](CC(=O)c2ccccc2C(=O)N[C@@H](Cc2ccccc2)C(=O)N(C)c2ccc(OC)cc2)Cc2ccccc2)cc1. The van der Waals surface area contributed by atoms with Crippen molar-refractivity contribution >= 4 is 34.9 Å². The Morgan fingerprint density at radius 3 is 1.50 bits per heavy atom. The lowest BCUT2D eigenvalue weighted by Gasteiger charge is -2.26. The van der Waals surface area contributed by atoms with Gasteiger partial charge in [0.15, 0.2) is 5.78 Å². The molecular weight excluding hydrogens is 654 g/mol. The van der Waals surface area contributed by atoms with Crippen molar-refractivity contribution in [2.45, 2.75) is 25.3 Å². The van der Waals surface area contributed by atoms with Crippen LogP contribution in [0.3, 0.4) is 0 Å². The van der Waals surface area contributed by atoms with Crippen LogP contribution in [-0.4, -0.2) is 57.9 Å². The molecular formula is C43H43N3O6. The predicted molar refractivity (Wildman–Crippen MR) is 203 cm³/mol. The Balaban J connectivity index is 1.40. The van der Waals surface area contributed by atoms with Crippen LogP contribution < -0.4 is 24.6 Å². The number of ether oxygens (including phenoxy) is 2. The predicted octanol–water partition coefficient (Wildman–Crippen LogP) is 6.80. The van der Waals surface area contributed by atoms with E-state index < -0.39 is 17.9 Å². The fourth-order valence-corrected chi connectivity index (χ4v) is 6.06. The monoisotopic (exact) mass is 697 g/mol. The Hall–Kier alpha value is -6.22. The molecule has 0 saturated carbocycles. The maximum Gasteiger partial charge on any atom is 0.252 e. The van der Waals surface area contributed by atoms with Gasteiger partial charge in [0.1, 0.15) is 17.5 Å². The average Bonchev–Trinajstić information content (AvgIpc) is 3.20. The van der Waals surface area contributed by atoms with Crippen LogP contribution >= 0.6 is 0 Å². The van der Waals surface area contributed by atoms with E-state index in [9.17, 15) is 19.2 Å². The topological polar surface area (TPSA) is 105 Å². The van der Waals surface area contributed by atoms with Crippen molar-refractivity contribution < 1.29 is 28.7 Å². The van der Waals surface area contributed by atoms with Crippen LogP contribution in [0.1, 0.15) is 38.3 Å². The van der Waals surface area contributed by atoms with Gasteiger partial charge in [0.05, 0.1) is 19.8 Å².